The molecule has 0 aromatic carbocycles. The molecule has 1 rings (SSSR count). The minimum atomic E-state index is -3.12. The first-order valence-electron chi connectivity index (χ1n) is 3.68. The van der Waals surface area contributed by atoms with Gasteiger partial charge in [0.25, 0.3) is 11.0 Å². The molecule has 0 atom stereocenters. The van der Waals surface area contributed by atoms with Crippen LogP contribution < -0.4 is 0 Å². The molecule has 0 unspecified atom stereocenters. The zero-order valence-electron chi connectivity index (χ0n) is 7.54. The Morgan fingerprint density at radius 1 is 1.64 bits per heavy atom. The third kappa shape index (κ3) is 6.15. The van der Waals surface area contributed by atoms with E-state index in [9.17, 15) is 0 Å². The highest BCUT2D eigenvalue weighted by atomic mass is 32.2. The van der Waals surface area contributed by atoms with Gasteiger partial charge in [0.2, 0.25) is 0 Å². The summed E-state index contributed by atoms with van der Waals surface area (Å²) >= 11 is 0. The summed E-state index contributed by atoms with van der Waals surface area (Å²) in [5.41, 5.74) is 0.993. The quantitative estimate of drug-likeness (QED) is 0.449. The lowest BCUT2D eigenvalue weighted by molar-refractivity contribution is 0.509. The molecule has 0 aliphatic heterocycles. The van der Waals surface area contributed by atoms with Crippen molar-refractivity contribution in [3.63, 3.8) is 0 Å². The van der Waals surface area contributed by atoms with E-state index in [-0.39, 0.29) is 0 Å². The van der Waals surface area contributed by atoms with Crippen LogP contribution in [0, 0.1) is 0 Å². The van der Waals surface area contributed by atoms with Gasteiger partial charge in [-0.2, -0.15) is 0 Å². The van der Waals surface area contributed by atoms with Gasteiger partial charge in [0.05, 0.1) is 6.33 Å². The lowest BCUT2D eigenvalue weighted by atomic mass is 10.3. The molecule has 1 aromatic heterocycles. The fraction of sp³-hybridized carbons (Fsp3) is 0.125. The molecule has 0 amide bonds. The van der Waals surface area contributed by atoms with Gasteiger partial charge in [0.1, 0.15) is 0 Å². The Hall–Kier alpha value is -1.40. The smallest absolute Gasteiger partial charge is 0.254 e. The van der Waals surface area contributed by atoms with Crippen molar-refractivity contribution in [3.05, 3.63) is 38.0 Å². The Morgan fingerprint density at radius 3 is 2.57 bits per heavy atom. The van der Waals surface area contributed by atoms with Gasteiger partial charge in [-0.3, -0.25) is 4.55 Å². The number of rotatable bonds is 3. The topological polar surface area (TPSA) is 72.2 Å². The zero-order chi connectivity index (χ0) is 11.0. The van der Waals surface area contributed by atoms with E-state index >= 15 is 0 Å². The van der Waals surface area contributed by atoms with Gasteiger partial charge in [-0.25, -0.2) is 13.4 Å². The third-order valence-corrected chi connectivity index (χ3v) is 1.25. The van der Waals surface area contributed by atoms with Crippen LogP contribution in [0.3, 0.4) is 0 Å². The molecule has 6 heteroatoms. The highest BCUT2D eigenvalue weighted by Gasteiger charge is 1.90. The summed E-state index contributed by atoms with van der Waals surface area (Å²) in [6.45, 7) is 7.45. The lowest BCUT2D eigenvalue weighted by Crippen LogP contribution is -1.89. The summed E-state index contributed by atoms with van der Waals surface area (Å²) in [6.07, 6.45) is 7.95. The van der Waals surface area contributed by atoms with E-state index in [1.54, 1.807) is 12.5 Å². The SMILES string of the molecule is C=CCC(=C)n1ccnc1.O=[SH](=O)O. The Balaban J connectivity index is 0.000000364. The standard InChI is InChI=1S/C8H10N2.H2O3S/c1-3-4-8(2)10-6-5-9-7-10;1-4(2)3/h3,5-7H,1-2,4H2;4H,(H,1,2,3). The second-order valence-corrected chi connectivity index (χ2v) is 2.74. The van der Waals surface area contributed by atoms with Crippen molar-refractivity contribution >= 4 is 16.7 Å². The first kappa shape index (κ1) is 12.6. The number of thiol groups is 1. The molecule has 1 N–H and O–H groups in total. The average Bonchev–Trinajstić information content (AvgIpc) is 2.55. The van der Waals surface area contributed by atoms with Gasteiger partial charge in [-0.05, 0) is 0 Å². The molecule has 78 valence electrons. The predicted octanol–water partition coefficient (Wildman–Crippen LogP) is 1.00. The molecule has 0 fully saturated rings. The fourth-order valence-electron chi connectivity index (χ4n) is 0.718. The Morgan fingerprint density at radius 2 is 2.21 bits per heavy atom. The van der Waals surface area contributed by atoms with E-state index in [0.717, 1.165) is 12.1 Å². The summed E-state index contributed by atoms with van der Waals surface area (Å²) < 4.78 is 26.1. The van der Waals surface area contributed by atoms with E-state index in [1.807, 2.05) is 16.8 Å². The monoisotopic (exact) mass is 216 g/mol. The molecule has 1 aromatic rings. The van der Waals surface area contributed by atoms with Gasteiger partial charge < -0.3 is 4.57 Å². The molecule has 5 nitrogen and oxygen atoms in total. The van der Waals surface area contributed by atoms with Crippen molar-refractivity contribution in [2.75, 3.05) is 0 Å². The molecule has 1 heterocycles. The maximum atomic E-state index is 8.59. The van der Waals surface area contributed by atoms with Crippen LogP contribution in [0.15, 0.2) is 38.0 Å². The molecule has 0 bridgehead atoms. The Kier molecular flexibility index (Phi) is 6.34. The van der Waals surface area contributed by atoms with E-state index < -0.39 is 11.0 Å². The van der Waals surface area contributed by atoms with Crippen molar-refractivity contribution in [2.24, 2.45) is 0 Å². The molecule has 0 saturated carbocycles. The summed E-state index contributed by atoms with van der Waals surface area (Å²) in [6, 6.07) is 0. The van der Waals surface area contributed by atoms with Gasteiger partial charge >= 0.3 is 0 Å². The molecular formula is C8H12N2O3S. The van der Waals surface area contributed by atoms with Crippen LogP contribution in [-0.4, -0.2) is 22.5 Å². The number of imidazole rings is 1. The predicted molar refractivity (Wildman–Crippen MR) is 55.3 cm³/mol. The number of aromatic nitrogens is 2. The summed E-state index contributed by atoms with van der Waals surface area (Å²) in [4.78, 5) is 3.89. The molecule has 0 aliphatic rings. The van der Waals surface area contributed by atoms with E-state index in [2.05, 4.69) is 18.1 Å². The highest BCUT2D eigenvalue weighted by molar-refractivity contribution is 7.66. The average molecular weight is 216 g/mol. The molecule has 14 heavy (non-hydrogen) atoms. The summed E-state index contributed by atoms with van der Waals surface area (Å²) in [5.74, 6) is 0. The number of nitrogens with zero attached hydrogens (tertiary/aromatic N) is 2. The Bertz CT molecular complexity index is 347. The van der Waals surface area contributed by atoms with Gasteiger partial charge in [-0.1, -0.05) is 12.7 Å². The number of hydrogen-bond acceptors (Lipinski definition) is 3. The molecule has 0 radical (unpaired) electrons. The van der Waals surface area contributed by atoms with Gasteiger partial charge in [-0.15, -0.1) is 6.58 Å². The zero-order valence-corrected chi connectivity index (χ0v) is 8.43. The first-order valence-corrected chi connectivity index (χ1v) is 4.81. The van der Waals surface area contributed by atoms with Crippen LogP contribution in [0.4, 0.5) is 0 Å². The Labute approximate surface area is 84.2 Å². The fourth-order valence-corrected chi connectivity index (χ4v) is 0.718. The maximum absolute atomic E-state index is 8.59. The van der Waals surface area contributed by atoms with Crippen LogP contribution in [0.25, 0.3) is 5.70 Å². The normalized spacial score (nSPS) is 9.00. The van der Waals surface area contributed by atoms with Crippen molar-refractivity contribution in [1.82, 2.24) is 9.55 Å². The van der Waals surface area contributed by atoms with E-state index in [1.165, 1.54) is 0 Å². The highest BCUT2D eigenvalue weighted by Crippen LogP contribution is 2.04. The minimum absolute atomic E-state index is 0.802. The second-order valence-electron chi connectivity index (χ2n) is 2.27. The van der Waals surface area contributed by atoms with Gasteiger partial charge in [0, 0.05) is 24.5 Å². The van der Waals surface area contributed by atoms with Crippen molar-refractivity contribution in [2.45, 2.75) is 6.42 Å². The molecule has 0 aliphatic carbocycles. The van der Waals surface area contributed by atoms with E-state index in [0.29, 0.717) is 0 Å². The molecule has 0 spiro atoms. The van der Waals surface area contributed by atoms with E-state index in [4.69, 9.17) is 13.0 Å². The largest absolute Gasteiger partial charge is 0.310 e. The minimum Gasteiger partial charge on any atom is -0.310 e. The van der Waals surface area contributed by atoms with Crippen LogP contribution >= 0.6 is 0 Å². The number of allylic oxidation sites excluding steroid dienone is 2. The van der Waals surface area contributed by atoms with Crippen molar-refractivity contribution in [1.29, 1.82) is 0 Å². The second kappa shape index (κ2) is 7.05. The summed E-state index contributed by atoms with van der Waals surface area (Å²) in [5, 5.41) is 0. The molecule has 0 saturated heterocycles. The number of hydrogen-bond donors (Lipinski definition) is 2. The van der Waals surface area contributed by atoms with Crippen LogP contribution in [0.1, 0.15) is 6.42 Å². The lowest BCUT2D eigenvalue weighted by Gasteiger charge is -2.00. The van der Waals surface area contributed by atoms with Crippen LogP contribution in [0.5, 0.6) is 0 Å². The van der Waals surface area contributed by atoms with Crippen molar-refractivity contribution < 1.29 is 13.0 Å². The van der Waals surface area contributed by atoms with Gasteiger partial charge in [0.15, 0.2) is 0 Å². The maximum Gasteiger partial charge on any atom is 0.254 e. The third-order valence-electron chi connectivity index (χ3n) is 1.25. The summed E-state index contributed by atoms with van der Waals surface area (Å²) in [7, 11) is -3.12. The molecular weight excluding hydrogens is 204 g/mol. The van der Waals surface area contributed by atoms with Crippen LogP contribution in [0.2, 0.25) is 0 Å². The van der Waals surface area contributed by atoms with Crippen LogP contribution in [-0.2, 0) is 11.0 Å². The van der Waals surface area contributed by atoms with Crippen molar-refractivity contribution in [3.8, 4) is 0 Å². The first-order chi connectivity index (χ1) is 6.57.